The average Bonchev–Trinajstić information content (AvgIpc) is 2.42. The van der Waals surface area contributed by atoms with Gasteiger partial charge in [0.05, 0.1) is 5.69 Å². The molecular formula is C16H16N2O3. The maximum absolute atomic E-state index is 11.4. The Morgan fingerprint density at radius 3 is 2.14 bits per heavy atom. The van der Waals surface area contributed by atoms with Crippen molar-refractivity contribution in [2.75, 3.05) is 10.6 Å². The molecule has 0 bridgehead atoms. The highest BCUT2D eigenvalue weighted by molar-refractivity contribution is 6.00. The summed E-state index contributed by atoms with van der Waals surface area (Å²) in [7, 11) is 0. The molecule has 0 aliphatic heterocycles. The fourth-order valence-corrected chi connectivity index (χ4v) is 1.83. The van der Waals surface area contributed by atoms with E-state index in [0.29, 0.717) is 22.9 Å². The van der Waals surface area contributed by atoms with Gasteiger partial charge in [0.2, 0.25) is 11.8 Å². The second kappa shape index (κ2) is 6.56. The van der Waals surface area contributed by atoms with Crippen LogP contribution in [-0.4, -0.2) is 11.8 Å². The van der Waals surface area contributed by atoms with Gasteiger partial charge in [-0.3, -0.25) is 9.59 Å². The van der Waals surface area contributed by atoms with Gasteiger partial charge in [0.15, 0.2) is 5.75 Å². The van der Waals surface area contributed by atoms with Crippen LogP contribution in [0.4, 0.5) is 11.4 Å². The van der Waals surface area contributed by atoms with Crippen LogP contribution in [0.1, 0.15) is 13.8 Å². The average molecular weight is 284 g/mol. The first kappa shape index (κ1) is 14.6. The van der Waals surface area contributed by atoms with Gasteiger partial charge in [0.25, 0.3) is 0 Å². The van der Waals surface area contributed by atoms with E-state index in [0.717, 1.165) is 0 Å². The zero-order chi connectivity index (χ0) is 15.2. The Balaban J connectivity index is 2.39. The van der Waals surface area contributed by atoms with Crippen molar-refractivity contribution < 1.29 is 14.3 Å². The Labute approximate surface area is 122 Å². The lowest BCUT2D eigenvalue weighted by molar-refractivity contribution is -0.115. The monoisotopic (exact) mass is 284 g/mol. The minimum atomic E-state index is -0.245. The van der Waals surface area contributed by atoms with E-state index in [4.69, 9.17) is 4.74 Å². The molecule has 0 aliphatic rings. The molecule has 0 radical (unpaired) electrons. The second-order valence-electron chi connectivity index (χ2n) is 4.46. The lowest BCUT2D eigenvalue weighted by Crippen LogP contribution is -2.13. The molecular weight excluding hydrogens is 268 g/mol. The molecule has 2 amide bonds. The van der Waals surface area contributed by atoms with Crippen molar-refractivity contribution in [1.29, 1.82) is 0 Å². The highest BCUT2D eigenvalue weighted by Crippen LogP contribution is 2.35. The summed E-state index contributed by atoms with van der Waals surface area (Å²) < 4.78 is 5.77. The number of nitrogens with one attached hydrogen (secondary N) is 2. The molecule has 5 nitrogen and oxygen atoms in total. The molecule has 108 valence electrons. The fraction of sp³-hybridized carbons (Fsp3) is 0.125. The van der Waals surface area contributed by atoms with Crippen LogP contribution in [0.2, 0.25) is 0 Å². The van der Waals surface area contributed by atoms with Crippen molar-refractivity contribution in [1.82, 2.24) is 0 Å². The maximum Gasteiger partial charge on any atom is 0.221 e. The number of carbonyl (C=O) groups excluding carboxylic acids is 2. The van der Waals surface area contributed by atoms with Gasteiger partial charge in [-0.2, -0.15) is 0 Å². The Bertz CT molecular complexity index is 654. The molecule has 0 saturated heterocycles. The SMILES string of the molecule is CC(=O)Nc1cccc(Oc2ccccc2)c1NC(C)=O. The quantitative estimate of drug-likeness (QED) is 0.904. The van der Waals surface area contributed by atoms with E-state index in [1.165, 1.54) is 13.8 Å². The fourth-order valence-electron chi connectivity index (χ4n) is 1.83. The van der Waals surface area contributed by atoms with E-state index >= 15 is 0 Å². The van der Waals surface area contributed by atoms with E-state index in [9.17, 15) is 9.59 Å². The van der Waals surface area contributed by atoms with Gasteiger partial charge in [-0.15, -0.1) is 0 Å². The largest absolute Gasteiger partial charge is 0.455 e. The number of hydrogen-bond acceptors (Lipinski definition) is 3. The molecule has 0 unspecified atom stereocenters. The van der Waals surface area contributed by atoms with Crippen molar-refractivity contribution in [3.8, 4) is 11.5 Å². The molecule has 0 aromatic heterocycles. The Kier molecular flexibility index (Phi) is 4.56. The summed E-state index contributed by atoms with van der Waals surface area (Å²) >= 11 is 0. The second-order valence-corrected chi connectivity index (χ2v) is 4.46. The van der Waals surface area contributed by atoms with Crippen molar-refractivity contribution in [2.24, 2.45) is 0 Å². The van der Waals surface area contributed by atoms with Crippen LogP contribution >= 0.6 is 0 Å². The van der Waals surface area contributed by atoms with Crippen LogP contribution in [0.15, 0.2) is 48.5 Å². The molecule has 0 aliphatic carbocycles. The van der Waals surface area contributed by atoms with Gasteiger partial charge < -0.3 is 15.4 Å². The molecule has 0 saturated carbocycles. The number of rotatable bonds is 4. The van der Waals surface area contributed by atoms with Crippen LogP contribution in [0.3, 0.4) is 0 Å². The summed E-state index contributed by atoms with van der Waals surface area (Å²) in [5.74, 6) is 0.635. The van der Waals surface area contributed by atoms with Gasteiger partial charge >= 0.3 is 0 Å². The smallest absolute Gasteiger partial charge is 0.221 e. The van der Waals surface area contributed by atoms with E-state index in [1.54, 1.807) is 18.2 Å². The number of benzene rings is 2. The number of amides is 2. The number of hydrogen-bond donors (Lipinski definition) is 2. The Morgan fingerprint density at radius 1 is 0.857 bits per heavy atom. The number of carbonyl (C=O) groups is 2. The lowest BCUT2D eigenvalue weighted by Gasteiger charge is -2.15. The molecule has 0 heterocycles. The molecule has 5 heteroatoms. The summed E-state index contributed by atoms with van der Waals surface area (Å²) in [5.41, 5.74) is 0.926. The summed E-state index contributed by atoms with van der Waals surface area (Å²) in [6, 6.07) is 14.4. The lowest BCUT2D eigenvalue weighted by atomic mass is 10.2. The van der Waals surface area contributed by atoms with Gasteiger partial charge in [-0.1, -0.05) is 24.3 Å². The molecule has 2 aromatic rings. The molecule has 2 rings (SSSR count). The predicted octanol–water partition coefficient (Wildman–Crippen LogP) is 3.40. The zero-order valence-electron chi connectivity index (χ0n) is 11.8. The third kappa shape index (κ3) is 4.07. The standard InChI is InChI=1S/C16H16N2O3/c1-11(19)17-14-9-6-10-15(16(14)18-12(2)20)21-13-7-4-3-5-8-13/h3-10H,1-2H3,(H,17,19)(H,18,20). The van der Waals surface area contributed by atoms with Gasteiger partial charge in [0, 0.05) is 13.8 Å². The summed E-state index contributed by atoms with van der Waals surface area (Å²) in [5, 5.41) is 5.36. The van der Waals surface area contributed by atoms with Crippen LogP contribution in [0, 0.1) is 0 Å². The van der Waals surface area contributed by atoms with E-state index in [1.807, 2.05) is 30.3 Å². The molecule has 2 N–H and O–H groups in total. The van der Waals surface area contributed by atoms with Crippen LogP contribution < -0.4 is 15.4 Å². The van der Waals surface area contributed by atoms with Crippen LogP contribution in [0.25, 0.3) is 0 Å². The number of para-hydroxylation sites is 2. The van der Waals surface area contributed by atoms with E-state index < -0.39 is 0 Å². The van der Waals surface area contributed by atoms with Gasteiger partial charge in [-0.05, 0) is 24.3 Å². The first-order valence-corrected chi connectivity index (χ1v) is 6.47. The van der Waals surface area contributed by atoms with Gasteiger partial charge in [0.1, 0.15) is 11.4 Å². The van der Waals surface area contributed by atoms with Crippen LogP contribution in [0.5, 0.6) is 11.5 Å². The topological polar surface area (TPSA) is 67.4 Å². The first-order chi connectivity index (χ1) is 10.1. The van der Waals surface area contributed by atoms with Crippen molar-refractivity contribution in [2.45, 2.75) is 13.8 Å². The minimum absolute atomic E-state index is 0.224. The normalized spacial score (nSPS) is 9.81. The molecule has 2 aromatic carbocycles. The van der Waals surface area contributed by atoms with Crippen molar-refractivity contribution in [3.05, 3.63) is 48.5 Å². The highest BCUT2D eigenvalue weighted by atomic mass is 16.5. The Hall–Kier alpha value is -2.82. The zero-order valence-corrected chi connectivity index (χ0v) is 11.8. The summed E-state index contributed by atoms with van der Waals surface area (Å²) in [6.45, 7) is 2.80. The number of ether oxygens (including phenoxy) is 1. The third-order valence-electron chi connectivity index (χ3n) is 2.61. The maximum atomic E-state index is 11.4. The molecule has 0 atom stereocenters. The molecule has 0 spiro atoms. The van der Waals surface area contributed by atoms with Crippen molar-refractivity contribution in [3.63, 3.8) is 0 Å². The minimum Gasteiger partial charge on any atom is -0.455 e. The third-order valence-corrected chi connectivity index (χ3v) is 2.61. The summed E-state index contributed by atoms with van der Waals surface area (Å²) in [4.78, 5) is 22.6. The molecule has 0 fully saturated rings. The number of anilines is 2. The summed E-state index contributed by atoms with van der Waals surface area (Å²) in [6.07, 6.45) is 0. The van der Waals surface area contributed by atoms with E-state index in [-0.39, 0.29) is 11.8 Å². The van der Waals surface area contributed by atoms with Gasteiger partial charge in [-0.25, -0.2) is 0 Å². The van der Waals surface area contributed by atoms with E-state index in [2.05, 4.69) is 10.6 Å². The highest BCUT2D eigenvalue weighted by Gasteiger charge is 2.12. The Morgan fingerprint density at radius 2 is 1.52 bits per heavy atom. The van der Waals surface area contributed by atoms with Crippen LogP contribution in [-0.2, 0) is 9.59 Å². The van der Waals surface area contributed by atoms with Crippen molar-refractivity contribution >= 4 is 23.2 Å². The first-order valence-electron chi connectivity index (χ1n) is 6.47. The predicted molar refractivity (Wildman–Crippen MR) is 81.6 cm³/mol. The molecule has 21 heavy (non-hydrogen) atoms.